The second-order valence-electron chi connectivity index (χ2n) is 7.37. The predicted molar refractivity (Wildman–Crippen MR) is 114 cm³/mol. The molecule has 3 heterocycles. The second kappa shape index (κ2) is 8.05. The minimum Gasteiger partial charge on any atom is -0.398 e. The first-order valence-electron chi connectivity index (χ1n) is 9.75. The Balaban J connectivity index is 1.54. The fourth-order valence-electron chi connectivity index (χ4n) is 3.62. The van der Waals surface area contributed by atoms with Crippen LogP contribution in [-0.2, 0) is 0 Å². The highest BCUT2D eigenvalue weighted by molar-refractivity contribution is 6.00. The Bertz CT molecular complexity index is 1150. The van der Waals surface area contributed by atoms with E-state index in [0.29, 0.717) is 37.6 Å². The van der Waals surface area contributed by atoms with Gasteiger partial charge in [0.1, 0.15) is 11.5 Å². The normalized spacial score (nSPS) is 14.0. The van der Waals surface area contributed by atoms with Gasteiger partial charge in [-0.2, -0.15) is 5.10 Å². The molecule has 160 valence electrons. The molecule has 0 aliphatic carbocycles. The van der Waals surface area contributed by atoms with Crippen molar-refractivity contribution in [2.24, 2.45) is 5.73 Å². The van der Waals surface area contributed by atoms with Crippen molar-refractivity contribution in [1.29, 1.82) is 0 Å². The predicted octanol–water partition coefficient (Wildman–Crippen LogP) is 1.36. The quantitative estimate of drug-likeness (QED) is 0.611. The molecule has 2 amide bonds. The molecule has 0 radical (unpaired) electrons. The summed E-state index contributed by atoms with van der Waals surface area (Å²) in [6.07, 6.45) is 4.87. The number of aryl methyl sites for hydroxylation is 1. The average Bonchev–Trinajstić information content (AvgIpc) is 3.19. The molecule has 1 aliphatic rings. The van der Waals surface area contributed by atoms with E-state index in [2.05, 4.69) is 10.1 Å². The molecule has 1 aromatic carbocycles. The zero-order valence-corrected chi connectivity index (χ0v) is 17.0. The van der Waals surface area contributed by atoms with Crippen LogP contribution in [0.5, 0.6) is 0 Å². The maximum absolute atomic E-state index is 14.5. The van der Waals surface area contributed by atoms with Crippen LogP contribution in [0.15, 0.2) is 42.9 Å². The number of hydrogen-bond donors (Lipinski definition) is 2. The first kappa shape index (κ1) is 20.3. The number of nitrogen functional groups attached to an aromatic ring is 1. The highest BCUT2D eigenvalue weighted by atomic mass is 19.1. The third-order valence-electron chi connectivity index (χ3n) is 5.23. The largest absolute Gasteiger partial charge is 0.398 e. The lowest BCUT2D eigenvalue weighted by Crippen LogP contribution is -2.49. The van der Waals surface area contributed by atoms with Crippen molar-refractivity contribution in [2.45, 2.75) is 6.92 Å². The number of halogens is 1. The highest BCUT2D eigenvalue weighted by Crippen LogP contribution is 2.24. The van der Waals surface area contributed by atoms with E-state index in [-0.39, 0.29) is 22.8 Å². The Labute approximate surface area is 178 Å². The lowest BCUT2D eigenvalue weighted by Gasteiger charge is -2.36. The molecule has 4 N–H and O–H groups in total. The molecular weight excluding hydrogens is 401 g/mol. The highest BCUT2D eigenvalue weighted by Gasteiger charge is 2.27. The van der Waals surface area contributed by atoms with Crippen molar-refractivity contribution in [2.75, 3.05) is 36.8 Å². The molecule has 31 heavy (non-hydrogen) atoms. The van der Waals surface area contributed by atoms with E-state index in [4.69, 9.17) is 11.5 Å². The lowest BCUT2D eigenvalue weighted by molar-refractivity contribution is 0.0746. The van der Waals surface area contributed by atoms with Crippen molar-refractivity contribution in [3.63, 3.8) is 0 Å². The molecule has 0 atom stereocenters. The van der Waals surface area contributed by atoms with Gasteiger partial charge in [-0.05, 0) is 36.8 Å². The summed E-state index contributed by atoms with van der Waals surface area (Å²) in [5.41, 5.74) is 13.1. The number of carbonyl (C=O) groups is 2. The summed E-state index contributed by atoms with van der Waals surface area (Å²) in [5.74, 6) is -0.906. The zero-order chi connectivity index (χ0) is 22.1. The first-order chi connectivity index (χ1) is 14.8. The SMILES string of the molecule is Cc1cnn(-c2cc(C(=O)N3CCN(c4ncccc4C(N)=O)CC3)c(N)cc2F)c1. The van der Waals surface area contributed by atoms with Crippen LogP contribution in [0.2, 0.25) is 0 Å². The van der Waals surface area contributed by atoms with Gasteiger partial charge < -0.3 is 21.3 Å². The van der Waals surface area contributed by atoms with Crippen LogP contribution in [0.25, 0.3) is 5.69 Å². The molecule has 1 fully saturated rings. The van der Waals surface area contributed by atoms with E-state index in [1.165, 1.54) is 10.7 Å². The Hall–Kier alpha value is -3.95. The fourth-order valence-corrected chi connectivity index (χ4v) is 3.62. The number of hydrogen-bond acceptors (Lipinski definition) is 6. The Morgan fingerprint density at radius 1 is 1.13 bits per heavy atom. The monoisotopic (exact) mass is 423 g/mol. The van der Waals surface area contributed by atoms with E-state index < -0.39 is 11.7 Å². The van der Waals surface area contributed by atoms with Gasteiger partial charge in [0.05, 0.1) is 17.3 Å². The third-order valence-corrected chi connectivity index (χ3v) is 5.23. The minimum absolute atomic E-state index is 0.0679. The number of nitrogens with two attached hydrogens (primary N) is 2. The molecule has 10 heteroatoms. The van der Waals surface area contributed by atoms with Crippen LogP contribution >= 0.6 is 0 Å². The van der Waals surface area contributed by atoms with E-state index in [1.54, 1.807) is 35.6 Å². The maximum Gasteiger partial charge on any atom is 0.256 e. The maximum atomic E-state index is 14.5. The van der Waals surface area contributed by atoms with Crippen molar-refractivity contribution in [3.8, 4) is 5.69 Å². The third kappa shape index (κ3) is 3.91. The van der Waals surface area contributed by atoms with Crippen LogP contribution < -0.4 is 16.4 Å². The number of primary amides is 1. The van der Waals surface area contributed by atoms with Crippen molar-refractivity contribution >= 4 is 23.3 Å². The van der Waals surface area contributed by atoms with Crippen molar-refractivity contribution in [1.82, 2.24) is 19.7 Å². The average molecular weight is 423 g/mol. The van der Waals surface area contributed by atoms with Crippen LogP contribution in [0.4, 0.5) is 15.9 Å². The number of nitrogens with zero attached hydrogens (tertiary/aromatic N) is 5. The summed E-state index contributed by atoms with van der Waals surface area (Å²) in [6.45, 7) is 3.56. The van der Waals surface area contributed by atoms with Crippen LogP contribution in [-0.4, -0.2) is 57.7 Å². The smallest absolute Gasteiger partial charge is 0.256 e. The van der Waals surface area contributed by atoms with E-state index >= 15 is 0 Å². The molecule has 0 saturated carbocycles. The van der Waals surface area contributed by atoms with Gasteiger partial charge in [-0.25, -0.2) is 14.1 Å². The molecule has 9 nitrogen and oxygen atoms in total. The number of benzene rings is 1. The van der Waals surface area contributed by atoms with Crippen LogP contribution in [0, 0.1) is 12.7 Å². The number of anilines is 2. The number of carbonyl (C=O) groups excluding carboxylic acids is 2. The van der Waals surface area contributed by atoms with Crippen LogP contribution in [0.1, 0.15) is 26.3 Å². The summed E-state index contributed by atoms with van der Waals surface area (Å²) in [5, 5.41) is 4.12. The van der Waals surface area contributed by atoms with Crippen LogP contribution in [0.3, 0.4) is 0 Å². The van der Waals surface area contributed by atoms with Crippen molar-refractivity contribution in [3.05, 3.63) is 65.4 Å². The van der Waals surface area contributed by atoms with E-state index in [1.807, 2.05) is 11.8 Å². The molecule has 0 bridgehead atoms. The summed E-state index contributed by atoms with van der Waals surface area (Å²) >= 11 is 0. The summed E-state index contributed by atoms with van der Waals surface area (Å²) in [4.78, 5) is 32.6. The van der Waals surface area contributed by atoms with Gasteiger partial charge in [0.2, 0.25) is 0 Å². The molecule has 1 aliphatic heterocycles. The molecule has 3 aromatic rings. The number of piperazine rings is 1. The van der Waals surface area contributed by atoms with Gasteiger partial charge in [0.15, 0.2) is 5.82 Å². The molecule has 0 spiro atoms. The van der Waals surface area contributed by atoms with Gasteiger partial charge in [-0.3, -0.25) is 9.59 Å². The Morgan fingerprint density at radius 2 is 1.87 bits per heavy atom. The molecule has 0 unspecified atom stereocenters. The van der Waals surface area contributed by atoms with Gasteiger partial charge in [0, 0.05) is 44.3 Å². The molecule has 1 saturated heterocycles. The lowest BCUT2D eigenvalue weighted by atomic mass is 10.1. The standard InChI is InChI=1S/C21H22FN7O2/c1-13-11-26-29(12-13)18-9-15(17(23)10-16(18)22)21(31)28-7-5-27(6-8-28)20-14(19(24)30)3-2-4-25-20/h2-4,9-12H,5-8,23H2,1H3,(H2,24,30). The van der Waals surface area contributed by atoms with Gasteiger partial charge in [-0.1, -0.05) is 0 Å². The van der Waals surface area contributed by atoms with E-state index in [0.717, 1.165) is 11.6 Å². The van der Waals surface area contributed by atoms with E-state index in [9.17, 15) is 14.0 Å². The fraction of sp³-hybridized carbons (Fsp3) is 0.238. The van der Waals surface area contributed by atoms with Gasteiger partial charge in [-0.15, -0.1) is 0 Å². The number of pyridine rings is 1. The topological polar surface area (TPSA) is 123 Å². The number of rotatable bonds is 4. The first-order valence-corrected chi connectivity index (χ1v) is 9.75. The van der Waals surface area contributed by atoms with Gasteiger partial charge in [0.25, 0.3) is 11.8 Å². The Morgan fingerprint density at radius 3 is 2.52 bits per heavy atom. The zero-order valence-electron chi connectivity index (χ0n) is 17.0. The number of aromatic nitrogens is 3. The summed E-state index contributed by atoms with van der Waals surface area (Å²) < 4.78 is 15.8. The number of amides is 2. The molecule has 4 rings (SSSR count). The van der Waals surface area contributed by atoms with Crippen molar-refractivity contribution < 1.29 is 14.0 Å². The minimum atomic E-state index is -0.559. The second-order valence-corrected chi connectivity index (χ2v) is 7.37. The molecule has 2 aromatic heterocycles. The Kier molecular flexibility index (Phi) is 5.28. The summed E-state index contributed by atoms with van der Waals surface area (Å²) in [6, 6.07) is 5.85. The van der Waals surface area contributed by atoms with Gasteiger partial charge >= 0.3 is 0 Å². The summed E-state index contributed by atoms with van der Waals surface area (Å²) in [7, 11) is 0. The molecular formula is C21H22FN7O2.